The smallest absolute Gasteiger partial charge is 0.337 e. The molecule has 6 heteroatoms. The molecular formula is C19H17BrO5. The van der Waals surface area contributed by atoms with Gasteiger partial charge in [-0.15, -0.1) is 0 Å². The summed E-state index contributed by atoms with van der Waals surface area (Å²) in [5.74, 6) is 0.0304. The molecule has 130 valence electrons. The van der Waals surface area contributed by atoms with Crippen LogP contribution >= 0.6 is 15.9 Å². The van der Waals surface area contributed by atoms with E-state index >= 15 is 0 Å². The normalized spacial score (nSPS) is 10.5. The highest BCUT2D eigenvalue weighted by Crippen LogP contribution is 2.24. The van der Waals surface area contributed by atoms with Crippen LogP contribution in [-0.4, -0.2) is 25.7 Å². The fourth-order valence-corrected chi connectivity index (χ4v) is 2.40. The van der Waals surface area contributed by atoms with Crippen LogP contribution in [0, 0.1) is 0 Å². The third-order valence-corrected chi connectivity index (χ3v) is 3.66. The van der Waals surface area contributed by atoms with Gasteiger partial charge in [-0.3, -0.25) is 0 Å². The first-order chi connectivity index (χ1) is 12.0. The van der Waals surface area contributed by atoms with E-state index in [0.29, 0.717) is 23.7 Å². The van der Waals surface area contributed by atoms with E-state index in [1.807, 2.05) is 25.1 Å². The zero-order valence-electron chi connectivity index (χ0n) is 13.8. The molecule has 0 bridgehead atoms. The van der Waals surface area contributed by atoms with E-state index in [1.165, 1.54) is 37.5 Å². The molecular weight excluding hydrogens is 388 g/mol. The molecule has 2 rings (SSSR count). The molecule has 0 radical (unpaired) electrons. The van der Waals surface area contributed by atoms with E-state index in [4.69, 9.17) is 9.47 Å². The van der Waals surface area contributed by atoms with Crippen LogP contribution in [0.5, 0.6) is 11.5 Å². The predicted molar refractivity (Wildman–Crippen MR) is 97.8 cm³/mol. The standard InChI is InChI=1S/C19H17BrO5/c1-3-24-17-10-7-15(20)12-14(17)6-11-18(21)25-16-8-4-13(5-9-16)19(22)23-2/h4-12H,3H2,1-2H3/b11-6+. The number of carbonyl (C=O) groups is 2. The molecule has 0 aromatic heterocycles. The monoisotopic (exact) mass is 404 g/mol. The number of benzene rings is 2. The Bertz CT molecular complexity index is 781. The van der Waals surface area contributed by atoms with Crippen LogP contribution in [0.2, 0.25) is 0 Å². The van der Waals surface area contributed by atoms with Crippen molar-refractivity contribution in [2.24, 2.45) is 0 Å². The van der Waals surface area contributed by atoms with Gasteiger partial charge in [-0.2, -0.15) is 0 Å². The Labute approximate surface area is 154 Å². The van der Waals surface area contributed by atoms with Gasteiger partial charge in [-0.1, -0.05) is 15.9 Å². The average molecular weight is 405 g/mol. The molecule has 0 unspecified atom stereocenters. The summed E-state index contributed by atoms with van der Waals surface area (Å²) in [6, 6.07) is 11.7. The van der Waals surface area contributed by atoms with Crippen LogP contribution in [0.3, 0.4) is 0 Å². The van der Waals surface area contributed by atoms with E-state index in [-0.39, 0.29) is 0 Å². The molecule has 0 saturated carbocycles. The third kappa shape index (κ3) is 5.46. The van der Waals surface area contributed by atoms with Crippen molar-refractivity contribution in [3.05, 3.63) is 64.1 Å². The maximum Gasteiger partial charge on any atom is 0.337 e. The summed E-state index contributed by atoms with van der Waals surface area (Å²) >= 11 is 3.39. The molecule has 2 aromatic carbocycles. The largest absolute Gasteiger partial charge is 0.493 e. The fourth-order valence-electron chi connectivity index (χ4n) is 2.02. The highest BCUT2D eigenvalue weighted by atomic mass is 79.9. The highest BCUT2D eigenvalue weighted by molar-refractivity contribution is 9.10. The average Bonchev–Trinajstić information content (AvgIpc) is 2.62. The van der Waals surface area contributed by atoms with Crippen molar-refractivity contribution in [1.29, 1.82) is 0 Å². The zero-order valence-corrected chi connectivity index (χ0v) is 15.4. The number of methoxy groups -OCH3 is 1. The second-order valence-electron chi connectivity index (χ2n) is 4.89. The first kappa shape index (κ1) is 18.7. The molecule has 2 aromatic rings. The fraction of sp³-hybridized carbons (Fsp3) is 0.158. The molecule has 0 aliphatic rings. The van der Waals surface area contributed by atoms with Gasteiger partial charge >= 0.3 is 11.9 Å². The van der Waals surface area contributed by atoms with Crippen molar-refractivity contribution in [3.8, 4) is 11.5 Å². The van der Waals surface area contributed by atoms with Crippen LogP contribution in [0.4, 0.5) is 0 Å². The maximum absolute atomic E-state index is 12.0. The van der Waals surface area contributed by atoms with E-state index < -0.39 is 11.9 Å². The summed E-state index contributed by atoms with van der Waals surface area (Å²) in [6.07, 6.45) is 2.94. The quantitative estimate of drug-likeness (QED) is 0.409. The van der Waals surface area contributed by atoms with Gasteiger partial charge in [0.15, 0.2) is 0 Å². The Kier molecular flexibility index (Phi) is 6.77. The molecule has 0 aliphatic carbocycles. The summed E-state index contributed by atoms with van der Waals surface area (Å²) < 4.78 is 16.2. The summed E-state index contributed by atoms with van der Waals surface area (Å²) in [6.45, 7) is 2.42. The zero-order chi connectivity index (χ0) is 18.2. The lowest BCUT2D eigenvalue weighted by atomic mass is 10.2. The van der Waals surface area contributed by atoms with E-state index in [1.54, 1.807) is 6.08 Å². The van der Waals surface area contributed by atoms with Crippen molar-refractivity contribution in [2.45, 2.75) is 6.92 Å². The Hall–Kier alpha value is -2.60. The van der Waals surface area contributed by atoms with Gasteiger partial charge in [0.25, 0.3) is 0 Å². The number of halogens is 1. The molecule has 0 atom stereocenters. The maximum atomic E-state index is 12.0. The van der Waals surface area contributed by atoms with Gasteiger partial charge < -0.3 is 14.2 Å². The van der Waals surface area contributed by atoms with Gasteiger partial charge in [-0.05, 0) is 55.5 Å². The summed E-state index contributed by atoms with van der Waals surface area (Å²) in [7, 11) is 1.31. The number of ether oxygens (including phenoxy) is 3. The van der Waals surface area contributed by atoms with E-state index in [2.05, 4.69) is 20.7 Å². The van der Waals surface area contributed by atoms with Crippen molar-refractivity contribution in [2.75, 3.05) is 13.7 Å². The second-order valence-corrected chi connectivity index (χ2v) is 5.80. The SMILES string of the molecule is CCOc1ccc(Br)cc1/C=C/C(=O)Oc1ccc(C(=O)OC)cc1. The molecule has 5 nitrogen and oxygen atoms in total. The molecule has 0 heterocycles. The van der Waals surface area contributed by atoms with Crippen LogP contribution in [0.1, 0.15) is 22.8 Å². The van der Waals surface area contributed by atoms with Gasteiger partial charge in [0, 0.05) is 16.1 Å². The van der Waals surface area contributed by atoms with Crippen LogP contribution < -0.4 is 9.47 Å². The number of hydrogen-bond acceptors (Lipinski definition) is 5. The van der Waals surface area contributed by atoms with Crippen LogP contribution in [0.15, 0.2) is 53.0 Å². The van der Waals surface area contributed by atoms with Crippen molar-refractivity contribution in [1.82, 2.24) is 0 Å². The summed E-state index contributed by atoms with van der Waals surface area (Å²) in [5.41, 5.74) is 1.14. The van der Waals surface area contributed by atoms with Gasteiger partial charge in [-0.25, -0.2) is 9.59 Å². The van der Waals surface area contributed by atoms with Gasteiger partial charge in [0.2, 0.25) is 0 Å². The number of hydrogen-bond donors (Lipinski definition) is 0. The Morgan fingerprint density at radius 2 is 1.84 bits per heavy atom. The second kappa shape index (κ2) is 9.03. The lowest BCUT2D eigenvalue weighted by Crippen LogP contribution is -2.05. The molecule has 0 saturated heterocycles. The minimum atomic E-state index is -0.534. The van der Waals surface area contributed by atoms with E-state index in [0.717, 1.165) is 10.0 Å². The third-order valence-electron chi connectivity index (χ3n) is 3.16. The lowest BCUT2D eigenvalue weighted by Gasteiger charge is -2.07. The first-order valence-electron chi connectivity index (χ1n) is 7.54. The molecule has 25 heavy (non-hydrogen) atoms. The van der Waals surface area contributed by atoms with Gasteiger partial charge in [0.1, 0.15) is 11.5 Å². The van der Waals surface area contributed by atoms with Crippen LogP contribution in [-0.2, 0) is 9.53 Å². The van der Waals surface area contributed by atoms with Crippen LogP contribution in [0.25, 0.3) is 6.08 Å². The molecule has 0 spiro atoms. The Morgan fingerprint density at radius 1 is 1.12 bits per heavy atom. The van der Waals surface area contributed by atoms with Crippen molar-refractivity contribution >= 4 is 33.9 Å². The Balaban J connectivity index is 2.06. The number of esters is 2. The highest BCUT2D eigenvalue weighted by Gasteiger charge is 2.07. The summed E-state index contributed by atoms with van der Waals surface area (Å²) in [4.78, 5) is 23.3. The van der Waals surface area contributed by atoms with Crippen molar-refractivity contribution < 1.29 is 23.8 Å². The minimum absolute atomic E-state index is 0.335. The molecule has 0 fully saturated rings. The Morgan fingerprint density at radius 3 is 2.48 bits per heavy atom. The molecule has 0 aliphatic heterocycles. The molecule has 0 amide bonds. The number of rotatable bonds is 6. The van der Waals surface area contributed by atoms with Gasteiger partial charge in [0.05, 0.1) is 19.3 Å². The number of carbonyl (C=O) groups excluding carboxylic acids is 2. The topological polar surface area (TPSA) is 61.8 Å². The lowest BCUT2D eigenvalue weighted by molar-refractivity contribution is -0.128. The van der Waals surface area contributed by atoms with E-state index in [9.17, 15) is 9.59 Å². The first-order valence-corrected chi connectivity index (χ1v) is 8.33. The van der Waals surface area contributed by atoms with Crippen molar-refractivity contribution in [3.63, 3.8) is 0 Å². The predicted octanol–water partition coefficient (Wildman–Crippen LogP) is 4.25. The molecule has 0 N–H and O–H groups in total. The summed E-state index contributed by atoms with van der Waals surface area (Å²) in [5, 5.41) is 0. The minimum Gasteiger partial charge on any atom is -0.493 e.